The molecule has 0 aliphatic carbocycles. The number of nitrogens with one attached hydrogen (secondary N) is 1. The predicted molar refractivity (Wildman–Crippen MR) is 86.2 cm³/mol. The summed E-state index contributed by atoms with van der Waals surface area (Å²) in [7, 11) is 3.12. The molecule has 0 heterocycles. The Morgan fingerprint density at radius 1 is 1.27 bits per heavy atom. The Hall–Kier alpha value is -1.88. The molecule has 5 heteroatoms. The van der Waals surface area contributed by atoms with E-state index < -0.39 is 5.54 Å². The van der Waals surface area contributed by atoms with Crippen molar-refractivity contribution in [3.05, 3.63) is 35.9 Å². The number of ether oxygens (including phenoxy) is 1. The number of benzene rings is 1. The largest absolute Gasteiger partial charge is 0.468 e. The van der Waals surface area contributed by atoms with Crippen molar-refractivity contribution in [2.45, 2.75) is 38.8 Å². The summed E-state index contributed by atoms with van der Waals surface area (Å²) in [4.78, 5) is 25.8. The van der Waals surface area contributed by atoms with Crippen molar-refractivity contribution < 1.29 is 14.3 Å². The summed E-state index contributed by atoms with van der Waals surface area (Å²) in [5.41, 5.74) is 0.245. The average Bonchev–Trinajstić information content (AvgIpc) is 2.53. The first-order valence-corrected chi connectivity index (χ1v) is 7.54. The molecule has 122 valence electrons. The van der Waals surface area contributed by atoms with Gasteiger partial charge in [-0.05, 0) is 18.9 Å². The number of hydrogen-bond donors (Lipinski definition) is 1. The molecule has 22 heavy (non-hydrogen) atoms. The fourth-order valence-corrected chi connectivity index (χ4v) is 2.34. The molecule has 0 unspecified atom stereocenters. The molecular formula is C17H26N2O3. The Morgan fingerprint density at radius 3 is 2.45 bits per heavy atom. The second-order valence-corrected chi connectivity index (χ2v) is 5.66. The number of carbonyl (C=O) groups excluding carboxylic acids is 2. The molecule has 1 amide bonds. The van der Waals surface area contributed by atoms with Gasteiger partial charge < -0.3 is 9.64 Å². The second kappa shape index (κ2) is 8.54. The number of carbonyl (C=O) groups is 2. The van der Waals surface area contributed by atoms with E-state index in [0.29, 0.717) is 13.0 Å². The summed E-state index contributed by atoms with van der Waals surface area (Å²) >= 11 is 0. The van der Waals surface area contributed by atoms with Crippen molar-refractivity contribution in [2.24, 2.45) is 0 Å². The van der Waals surface area contributed by atoms with Crippen LogP contribution in [0.15, 0.2) is 30.3 Å². The van der Waals surface area contributed by atoms with Gasteiger partial charge in [-0.15, -0.1) is 0 Å². The molecule has 0 saturated carbocycles. The van der Waals surface area contributed by atoms with E-state index in [-0.39, 0.29) is 18.4 Å². The highest BCUT2D eigenvalue weighted by atomic mass is 16.5. The van der Waals surface area contributed by atoms with E-state index in [1.807, 2.05) is 37.3 Å². The fourth-order valence-electron chi connectivity index (χ4n) is 2.34. The fraction of sp³-hybridized carbons (Fsp3) is 0.529. The number of methoxy groups -OCH3 is 1. The van der Waals surface area contributed by atoms with Crippen molar-refractivity contribution in [1.82, 2.24) is 10.2 Å². The first-order valence-electron chi connectivity index (χ1n) is 7.54. The lowest BCUT2D eigenvalue weighted by molar-refractivity contribution is -0.148. The van der Waals surface area contributed by atoms with E-state index in [9.17, 15) is 9.59 Å². The Labute approximate surface area is 132 Å². The van der Waals surface area contributed by atoms with Crippen molar-refractivity contribution >= 4 is 11.9 Å². The maximum Gasteiger partial charge on any atom is 0.325 e. The van der Waals surface area contributed by atoms with Crippen LogP contribution in [0.2, 0.25) is 0 Å². The molecule has 1 atom stereocenters. The van der Waals surface area contributed by atoms with Gasteiger partial charge in [0.05, 0.1) is 13.7 Å². The predicted octanol–water partition coefficient (Wildman–Crippen LogP) is 1.97. The molecule has 0 aliphatic rings. The Balaban J connectivity index is 2.57. The number of nitrogens with zero attached hydrogens (tertiary/aromatic N) is 1. The van der Waals surface area contributed by atoms with Crippen LogP contribution in [-0.2, 0) is 20.9 Å². The zero-order valence-corrected chi connectivity index (χ0v) is 13.9. The van der Waals surface area contributed by atoms with Gasteiger partial charge in [0.15, 0.2) is 0 Å². The summed E-state index contributed by atoms with van der Waals surface area (Å²) < 4.78 is 4.83. The van der Waals surface area contributed by atoms with E-state index in [4.69, 9.17) is 4.74 Å². The zero-order valence-electron chi connectivity index (χ0n) is 13.9. The molecule has 0 aliphatic heterocycles. The van der Waals surface area contributed by atoms with Gasteiger partial charge in [-0.25, -0.2) is 0 Å². The summed E-state index contributed by atoms with van der Waals surface area (Å²) in [6.45, 7) is 4.41. The smallest absolute Gasteiger partial charge is 0.325 e. The number of rotatable bonds is 8. The second-order valence-electron chi connectivity index (χ2n) is 5.66. The molecule has 0 fully saturated rings. The van der Waals surface area contributed by atoms with Crippen molar-refractivity contribution in [2.75, 3.05) is 20.7 Å². The average molecular weight is 306 g/mol. The Kier molecular flexibility index (Phi) is 7.05. The molecule has 1 rings (SSSR count). The monoisotopic (exact) mass is 306 g/mol. The summed E-state index contributed by atoms with van der Waals surface area (Å²) in [6.07, 6.45) is 1.45. The highest BCUT2D eigenvalue weighted by Gasteiger charge is 2.33. The summed E-state index contributed by atoms with van der Waals surface area (Å²) in [5, 5.41) is 3.05. The summed E-state index contributed by atoms with van der Waals surface area (Å²) in [5.74, 6) is -0.400. The van der Waals surface area contributed by atoms with E-state index in [0.717, 1.165) is 12.0 Å². The van der Waals surface area contributed by atoms with Crippen molar-refractivity contribution in [1.29, 1.82) is 0 Å². The van der Waals surface area contributed by atoms with E-state index in [2.05, 4.69) is 5.32 Å². The van der Waals surface area contributed by atoms with Crippen LogP contribution < -0.4 is 5.32 Å². The molecule has 0 aromatic heterocycles. The van der Waals surface area contributed by atoms with Gasteiger partial charge in [-0.1, -0.05) is 43.7 Å². The minimum Gasteiger partial charge on any atom is -0.468 e. The van der Waals surface area contributed by atoms with Gasteiger partial charge in [0.25, 0.3) is 0 Å². The first kappa shape index (κ1) is 18.2. The minimum atomic E-state index is -0.827. The molecule has 1 aromatic rings. The highest BCUT2D eigenvalue weighted by molar-refractivity contribution is 5.83. The molecule has 0 bridgehead atoms. The van der Waals surface area contributed by atoms with Gasteiger partial charge in [0, 0.05) is 13.6 Å². The first-order chi connectivity index (χ1) is 10.4. The number of likely N-dealkylation sites (N-methyl/N-ethyl adjacent to an activating group) is 1. The normalized spacial score (nSPS) is 13.3. The Bertz CT molecular complexity index is 490. The van der Waals surface area contributed by atoms with Crippen LogP contribution in [0.1, 0.15) is 32.3 Å². The SMILES string of the molecule is CCC[C@@](C)(NCC(=O)N(C)Cc1ccccc1)C(=O)OC. The summed E-state index contributed by atoms with van der Waals surface area (Å²) in [6, 6.07) is 9.79. The van der Waals surface area contributed by atoms with Crippen LogP contribution in [0.4, 0.5) is 0 Å². The number of amides is 1. The maximum atomic E-state index is 12.2. The molecule has 0 spiro atoms. The van der Waals surface area contributed by atoms with Gasteiger partial charge in [0.2, 0.25) is 5.91 Å². The lowest BCUT2D eigenvalue weighted by Crippen LogP contribution is -2.53. The van der Waals surface area contributed by atoms with Crippen molar-refractivity contribution in [3.8, 4) is 0 Å². The van der Waals surface area contributed by atoms with Gasteiger partial charge in [-0.2, -0.15) is 0 Å². The lowest BCUT2D eigenvalue weighted by Gasteiger charge is -2.28. The van der Waals surface area contributed by atoms with Gasteiger partial charge in [0.1, 0.15) is 5.54 Å². The number of hydrogen-bond acceptors (Lipinski definition) is 4. The van der Waals surface area contributed by atoms with E-state index >= 15 is 0 Å². The molecule has 0 radical (unpaired) electrons. The standard InChI is InChI=1S/C17H26N2O3/c1-5-11-17(2,16(21)22-4)18-12-15(20)19(3)13-14-9-7-6-8-10-14/h6-10,18H,5,11-13H2,1-4H3/t17-/m1/s1. The van der Waals surface area contributed by atoms with E-state index in [1.165, 1.54) is 7.11 Å². The third-order valence-electron chi connectivity index (χ3n) is 3.70. The van der Waals surface area contributed by atoms with Gasteiger partial charge >= 0.3 is 5.97 Å². The zero-order chi connectivity index (χ0) is 16.6. The Morgan fingerprint density at radius 2 is 1.91 bits per heavy atom. The van der Waals surface area contributed by atoms with Crippen LogP contribution in [0.25, 0.3) is 0 Å². The quantitative estimate of drug-likeness (QED) is 0.746. The van der Waals surface area contributed by atoms with Crippen LogP contribution in [0, 0.1) is 0 Å². The van der Waals surface area contributed by atoms with Crippen LogP contribution in [0.3, 0.4) is 0 Å². The lowest BCUT2D eigenvalue weighted by atomic mass is 9.96. The third-order valence-corrected chi connectivity index (χ3v) is 3.70. The van der Waals surface area contributed by atoms with Crippen LogP contribution in [0.5, 0.6) is 0 Å². The molecule has 0 saturated heterocycles. The maximum absolute atomic E-state index is 12.2. The molecule has 5 nitrogen and oxygen atoms in total. The van der Waals surface area contributed by atoms with E-state index in [1.54, 1.807) is 18.9 Å². The van der Waals surface area contributed by atoms with Crippen molar-refractivity contribution in [3.63, 3.8) is 0 Å². The third kappa shape index (κ3) is 5.15. The number of esters is 1. The molecular weight excluding hydrogens is 280 g/mol. The van der Waals surface area contributed by atoms with Crippen LogP contribution in [-0.4, -0.2) is 43.0 Å². The van der Waals surface area contributed by atoms with Crippen LogP contribution >= 0.6 is 0 Å². The highest BCUT2D eigenvalue weighted by Crippen LogP contribution is 2.14. The molecule has 1 N–H and O–H groups in total. The topological polar surface area (TPSA) is 58.6 Å². The minimum absolute atomic E-state index is 0.0601. The molecule has 1 aromatic carbocycles. The van der Waals surface area contributed by atoms with Gasteiger partial charge in [-0.3, -0.25) is 14.9 Å².